The fourth-order valence-corrected chi connectivity index (χ4v) is 2.70. The Bertz CT molecular complexity index is 1000. The van der Waals surface area contributed by atoms with E-state index >= 15 is 0 Å². The maximum Gasteiger partial charge on any atom is 0.271 e. The van der Waals surface area contributed by atoms with Crippen LogP contribution in [-0.2, 0) is 9.59 Å². The summed E-state index contributed by atoms with van der Waals surface area (Å²) in [6, 6.07) is 16.2. The van der Waals surface area contributed by atoms with E-state index in [2.05, 4.69) is 25.9 Å². The van der Waals surface area contributed by atoms with Gasteiger partial charge in [0.1, 0.15) is 12.0 Å². The van der Waals surface area contributed by atoms with Gasteiger partial charge in [-0.1, -0.05) is 24.3 Å². The molecule has 9 heteroatoms. The lowest BCUT2D eigenvalue weighted by atomic mass is 10.1. The molecule has 0 bridgehead atoms. The number of nitrogens with one attached hydrogen (secondary N) is 1. The first-order valence-electron chi connectivity index (χ1n) is 8.31. The van der Waals surface area contributed by atoms with Crippen molar-refractivity contribution in [2.24, 2.45) is 5.10 Å². The molecular formula is C18H15N7O2. The first kappa shape index (κ1) is 16.6. The van der Waals surface area contributed by atoms with Gasteiger partial charge in [-0.25, -0.2) is 9.69 Å². The van der Waals surface area contributed by atoms with Crippen molar-refractivity contribution < 1.29 is 9.59 Å². The highest BCUT2D eigenvalue weighted by Crippen LogP contribution is 2.20. The first-order chi connectivity index (χ1) is 13.2. The highest BCUT2D eigenvalue weighted by molar-refractivity contribution is 6.44. The van der Waals surface area contributed by atoms with Gasteiger partial charge in [-0.2, -0.15) is 5.10 Å². The Labute approximate surface area is 154 Å². The third kappa shape index (κ3) is 3.56. The van der Waals surface area contributed by atoms with E-state index in [0.717, 1.165) is 0 Å². The van der Waals surface area contributed by atoms with Crippen molar-refractivity contribution >= 4 is 28.9 Å². The number of amides is 2. The Morgan fingerprint density at radius 3 is 2.59 bits per heavy atom. The molecule has 134 valence electrons. The molecule has 3 aromatic rings. The second-order valence-corrected chi connectivity index (χ2v) is 5.85. The van der Waals surface area contributed by atoms with Crippen LogP contribution in [0.3, 0.4) is 0 Å². The van der Waals surface area contributed by atoms with Crippen molar-refractivity contribution in [2.45, 2.75) is 12.8 Å². The molecule has 2 heterocycles. The molecule has 1 aliphatic rings. The normalized spacial score (nSPS) is 14.0. The Balaban J connectivity index is 1.54. The number of benzene rings is 2. The van der Waals surface area contributed by atoms with E-state index in [1.165, 1.54) is 16.0 Å². The molecule has 4 rings (SSSR count). The van der Waals surface area contributed by atoms with Crippen LogP contribution < -0.4 is 10.3 Å². The molecule has 9 nitrogen and oxygen atoms in total. The zero-order valence-electron chi connectivity index (χ0n) is 14.2. The molecule has 27 heavy (non-hydrogen) atoms. The molecule has 0 fully saturated rings. The summed E-state index contributed by atoms with van der Waals surface area (Å²) in [5.41, 5.74) is 2.22. The highest BCUT2D eigenvalue weighted by Gasteiger charge is 2.25. The van der Waals surface area contributed by atoms with Gasteiger partial charge in [0.2, 0.25) is 5.91 Å². The monoisotopic (exact) mass is 361 g/mol. The van der Waals surface area contributed by atoms with Gasteiger partial charge in [0.15, 0.2) is 0 Å². The average molecular weight is 361 g/mol. The third-order valence-electron chi connectivity index (χ3n) is 4.01. The number of hydrogen-bond acceptors (Lipinski definition) is 6. The number of carbonyl (C=O) groups is 2. The van der Waals surface area contributed by atoms with E-state index in [4.69, 9.17) is 0 Å². The van der Waals surface area contributed by atoms with E-state index in [1.807, 2.05) is 24.3 Å². The molecule has 0 unspecified atom stereocenters. The van der Waals surface area contributed by atoms with Gasteiger partial charge in [-0.15, -0.1) is 5.10 Å². The summed E-state index contributed by atoms with van der Waals surface area (Å²) >= 11 is 0. The summed E-state index contributed by atoms with van der Waals surface area (Å²) in [4.78, 5) is 24.8. The van der Waals surface area contributed by atoms with E-state index in [9.17, 15) is 9.59 Å². The number of hydrazone groups is 1. The Kier molecular flexibility index (Phi) is 4.40. The summed E-state index contributed by atoms with van der Waals surface area (Å²) in [5, 5.41) is 19.4. The lowest BCUT2D eigenvalue weighted by Crippen LogP contribution is -2.36. The van der Waals surface area contributed by atoms with Crippen molar-refractivity contribution in [3.63, 3.8) is 0 Å². The third-order valence-corrected chi connectivity index (χ3v) is 4.01. The number of para-hydroxylation sites is 1. The molecule has 0 atom stereocenters. The molecule has 0 radical (unpaired) electrons. The number of hydrogen-bond donors (Lipinski definition) is 1. The molecular weight excluding hydrogens is 346 g/mol. The van der Waals surface area contributed by atoms with Crippen molar-refractivity contribution in [3.05, 3.63) is 60.9 Å². The minimum absolute atomic E-state index is 0.140. The standard InChI is InChI=1S/C18H15N7O2/c26-17-10-9-16(21-25(17)14-6-2-1-3-7-14)18(27)20-13-5-4-8-15(11-13)24-12-19-22-23-24/h1-8,11-12H,9-10H2,(H,20,27). The maximum atomic E-state index is 12.6. The quantitative estimate of drug-likeness (QED) is 0.762. The van der Waals surface area contributed by atoms with Crippen molar-refractivity contribution in [1.82, 2.24) is 20.2 Å². The topological polar surface area (TPSA) is 105 Å². The van der Waals surface area contributed by atoms with Gasteiger partial charge in [-0.3, -0.25) is 9.59 Å². The number of aromatic nitrogens is 4. The Hall–Kier alpha value is -3.88. The number of carbonyl (C=O) groups excluding carboxylic acids is 2. The molecule has 0 aliphatic carbocycles. The molecule has 1 N–H and O–H groups in total. The zero-order chi connectivity index (χ0) is 18.6. The van der Waals surface area contributed by atoms with Crippen LogP contribution in [0.5, 0.6) is 0 Å². The molecule has 1 aromatic heterocycles. The number of tetrazole rings is 1. The van der Waals surface area contributed by atoms with Crippen LogP contribution in [0, 0.1) is 0 Å². The van der Waals surface area contributed by atoms with Crippen LogP contribution in [0.15, 0.2) is 66.0 Å². The van der Waals surface area contributed by atoms with E-state index in [1.54, 1.807) is 30.3 Å². The van der Waals surface area contributed by atoms with E-state index in [-0.39, 0.29) is 18.2 Å². The van der Waals surface area contributed by atoms with Crippen LogP contribution >= 0.6 is 0 Å². The lowest BCUT2D eigenvalue weighted by molar-refractivity contribution is -0.118. The average Bonchev–Trinajstić information content (AvgIpc) is 3.24. The smallest absolute Gasteiger partial charge is 0.271 e. The van der Waals surface area contributed by atoms with Crippen molar-refractivity contribution in [1.29, 1.82) is 0 Å². The second-order valence-electron chi connectivity index (χ2n) is 5.85. The van der Waals surface area contributed by atoms with Crippen LogP contribution in [-0.4, -0.2) is 37.7 Å². The summed E-state index contributed by atoms with van der Waals surface area (Å²) in [6.07, 6.45) is 1.99. The molecule has 1 aliphatic heterocycles. The van der Waals surface area contributed by atoms with Crippen LogP contribution in [0.25, 0.3) is 5.69 Å². The molecule has 0 saturated heterocycles. The van der Waals surface area contributed by atoms with Crippen LogP contribution in [0.2, 0.25) is 0 Å². The van der Waals surface area contributed by atoms with Gasteiger partial charge >= 0.3 is 0 Å². The summed E-state index contributed by atoms with van der Waals surface area (Å²) in [7, 11) is 0. The number of rotatable bonds is 4. The largest absolute Gasteiger partial charge is 0.321 e. The van der Waals surface area contributed by atoms with Crippen LogP contribution in [0.4, 0.5) is 11.4 Å². The van der Waals surface area contributed by atoms with Gasteiger partial charge in [-0.05, 0) is 40.8 Å². The fraction of sp³-hybridized carbons (Fsp3) is 0.111. The zero-order valence-corrected chi connectivity index (χ0v) is 14.2. The minimum atomic E-state index is -0.350. The van der Waals surface area contributed by atoms with Gasteiger partial charge in [0.25, 0.3) is 5.91 Å². The summed E-state index contributed by atoms with van der Waals surface area (Å²) in [5.74, 6) is -0.490. The van der Waals surface area contributed by atoms with Crippen LogP contribution in [0.1, 0.15) is 12.8 Å². The Morgan fingerprint density at radius 2 is 1.81 bits per heavy atom. The predicted molar refractivity (Wildman–Crippen MR) is 98.4 cm³/mol. The second kappa shape index (κ2) is 7.16. The number of anilines is 2. The lowest BCUT2D eigenvalue weighted by Gasteiger charge is -2.23. The van der Waals surface area contributed by atoms with Gasteiger partial charge < -0.3 is 5.32 Å². The van der Waals surface area contributed by atoms with E-state index < -0.39 is 0 Å². The minimum Gasteiger partial charge on any atom is -0.321 e. The summed E-state index contributed by atoms with van der Waals surface area (Å²) < 4.78 is 1.49. The number of nitrogens with zero attached hydrogens (tertiary/aromatic N) is 6. The fourth-order valence-electron chi connectivity index (χ4n) is 2.70. The highest BCUT2D eigenvalue weighted by atomic mass is 16.2. The van der Waals surface area contributed by atoms with Gasteiger partial charge in [0.05, 0.1) is 11.4 Å². The molecule has 2 amide bonds. The first-order valence-corrected chi connectivity index (χ1v) is 8.31. The summed E-state index contributed by atoms with van der Waals surface area (Å²) in [6.45, 7) is 0. The molecule has 0 saturated carbocycles. The van der Waals surface area contributed by atoms with Crippen molar-refractivity contribution in [2.75, 3.05) is 10.3 Å². The molecule has 2 aromatic carbocycles. The molecule has 0 spiro atoms. The van der Waals surface area contributed by atoms with Crippen molar-refractivity contribution in [3.8, 4) is 5.69 Å². The SMILES string of the molecule is O=C(Nc1cccc(-n2cnnn2)c1)C1=NN(c2ccccc2)C(=O)CC1. The van der Waals surface area contributed by atoms with Gasteiger partial charge in [0, 0.05) is 18.5 Å². The predicted octanol–water partition coefficient (Wildman–Crippen LogP) is 1.78. The Morgan fingerprint density at radius 1 is 1.00 bits per heavy atom. The van der Waals surface area contributed by atoms with E-state index in [0.29, 0.717) is 29.2 Å². The maximum absolute atomic E-state index is 12.6.